The van der Waals surface area contributed by atoms with Gasteiger partial charge in [0, 0.05) is 25.7 Å². The van der Waals surface area contributed by atoms with Gasteiger partial charge in [-0.3, -0.25) is 9.41 Å². The molecule has 1 aromatic rings. The Morgan fingerprint density at radius 1 is 1.12 bits per heavy atom. The smallest absolute Gasteiger partial charge is 0.497 e. The van der Waals surface area contributed by atoms with Crippen LogP contribution in [0.5, 0.6) is 0 Å². The summed E-state index contributed by atoms with van der Waals surface area (Å²) < 4.78 is 50.8. The average Bonchev–Trinajstić information content (AvgIpc) is 2.46. The fourth-order valence-electron chi connectivity index (χ4n) is 2.70. The Morgan fingerprint density at radius 2 is 1.68 bits per heavy atom. The van der Waals surface area contributed by atoms with Crippen LogP contribution in [0, 0.1) is 5.41 Å². The molecule has 0 atom stereocenters. The first-order valence-corrected chi connectivity index (χ1v) is 8.20. The lowest BCUT2D eigenvalue weighted by molar-refractivity contribution is -0.452. The summed E-state index contributed by atoms with van der Waals surface area (Å²) in [6.45, 7) is 9.93. The summed E-state index contributed by atoms with van der Waals surface area (Å²) in [4.78, 5) is 4.10. The normalized spacial score (nSPS) is 18.6. The Hall–Kier alpha value is -1.86. The number of carbonyl (C=O) groups excluding carboxylic acids is 1. The highest BCUT2D eigenvalue weighted by Gasteiger charge is 2.39. The Balaban J connectivity index is 0.000000550. The Bertz CT molecular complexity index is 607. The van der Waals surface area contributed by atoms with E-state index in [-0.39, 0.29) is 5.41 Å². The van der Waals surface area contributed by atoms with Crippen LogP contribution in [0.15, 0.2) is 30.3 Å². The Kier molecular flexibility index (Phi) is 7.64. The molecule has 0 unspecified atom stereocenters. The molecule has 0 aromatic carbocycles. The fraction of sp³-hybridized carbons (Fsp3) is 0.529. The summed E-state index contributed by atoms with van der Waals surface area (Å²) >= 11 is 0. The number of aromatic nitrogens is 1. The molecule has 1 aliphatic rings. The molecule has 0 saturated heterocycles. The first-order chi connectivity index (χ1) is 11.6. The molecule has 1 aliphatic carbocycles. The van der Waals surface area contributed by atoms with Crippen LogP contribution in [0.1, 0.15) is 46.1 Å². The first kappa shape index (κ1) is 21.2. The number of hydrogen-bond acceptors (Lipinski definition) is 2. The molecule has 25 heavy (non-hydrogen) atoms. The zero-order chi connectivity index (χ0) is 19.1. The molecule has 0 bridgehead atoms. The van der Waals surface area contributed by atoms with Gasteiger partial charge in [0.05, 0.1) is 13.0 Å². The van der Waals surface area contributed by atoms with Gasteiger partial charge < -0.3 is 22.0 Å². The third-order valence-corrected chi connectivity index (χ3v) is 3.44. The molecule has 1 heterocycles. The Morgan fingerprint density at radius 3 is 2.16 bits per heavy atom. The second-order valence-electron chi connectivity index (χ2n) is 6.34. The van der Waals surface area contributed by atoms with Crippen molar-refractivity contribution < 1.29 is 26.4 Å². The van der Waals surface area contributed by atoms with Crippen LogP contribution < -0.4 is 0 Å². The van der Waals surface area contributed by atoms with Gasteiger partial charge in [0.15, 0.2) is 0 Å². The van der Waals surface area contributed by atoms with Crippen molar-refractivity contribution in [1.29, 1.82) is 0 Å². The minimum Gasteiger partial charge on any atom is -0.497 e. The fourth-order valence-corrected chi connectivity index (χ4v) is 2.70. The minimum atomic E-state index is -6.00. The van der Waals surface area contributed by atoms with E-state index in [0.29, 0.717) is 13.2 Å². The maximum atomic E-state index is 9.75. The molecule has 0 aliphatic heterocycles. The summed E-state index contributed by atoms with van der Waals surface area (Å²) in [7, 11) is -6.00. The van der Waals surface area contributed by atoms with Crippen LogP contribution in [0.4, 0.5) is 17.3 Å². The molecule has 1 aromatic heterocycles. The summed E-state index contributed by atoms with van der Waals surface area (Å²) in [5, 5.41) is 0. The maximum Gasteiger partial charge on any atom is 0.673 e. The van der Waals surface area contributed by atoms with E-state index in [2.05, 4.69) is 18.8 Å². The molecule has 0 fully saturated rings. The van der Waals surface area contributed by atoms with Gasteiger partial charge in [0.2, 0.25) is 0 Å². The van der Waals surface area contributed by atoms with E-state index in [1.807, 2.05) is 38.4 Å². The summed E-state index contributed by atoms with van der Waals surface area (Å²) in [6.07, 6.45) is 5.51. The van der Waals surface area contributed by atoms with E-state index in [1.54, 1.807) is 0 Å². The standard InChI is InChI=1S/C17H24NO2.BF4/c1-5-19-14-11-17(3,4)12-15(20-6-2)16(14)13-7-9-18-10-8-13;2-1(3,4)5/h7-10H,5-6,11-12H2,1-4H3;/q+1;-1. The average molecular weight is 361 g/mol. The Labute approximate surface area is 145 Å². The third kappa shape index (κ3) is 7.71. The van der Waals surface area contributed by atoms with Crippen LogP contribution in [-0.2, 0) is 9.16 Å². The van der Waals surface area contributed by atoms with Crippen LogP contribution in [0.3, 0.4) is 0 Å². The summed E-state index contributed by atoms with van der Waals surface area (Å²) in [5.74, 6) is 2.08. The molecule has 0 amide bonds. The molecule has 0 radical (unpaired) electrons. The van der Waals surface area contributed by atoms with Crippen molar-refractivity contribution in [2.45, 2.75) is 40.5 Å². The predicted molar refractivity (Wildman–Crippen MR) is 91.5 cm³/mol. The van der Waals surface area contributed by atoms with Gasteiger partial charge in [-0.15, -0.1) is 0 Å². The first-order valence-electron chi connectivity index (χ1n) is 8.20. The van der Waals surface area contributed by atoms with Crippen LogP contribution in [0.25, 0.3) is 5.57 Å². The maximum absolute atomic E-state index is 9.75. The molecule has 0 N–H and O–H groups in total. The van der Waals surface area contributed by atoms with Crippen LogP contribution >= 0.6 is 0 Å². The number of halogens is 4. The summed E-state index contributed by atoms with van der Waals surface area (Å²) in [6, 6.07) is 4.04. The van der Waals surface area contributed by atoms with E-state index in [4.69, 9.17) is 9.16 Å². The zero-order valence-corrected chi connectivity index (χ0v) is 15.0. The lowest BCUT2D eigenvalue weighted by Crippen LogP contribution is -2.27. The van der Waals surface area contributed by atoms with E-state index in [0.717, 1.165) is 35.5 Å². The van der Waals surface area contributed by atoms with Crippen molar-refractivity contribution in [1.82, 2.24) is 4.98 Å². The van der Waals surface area contributed by atoms with Crippen molar-refractivity contribution in [3.63, 3.8) is 0 Å². The van der Waals surface area contributed by atoms with Gasteiger partial charge in [-0.2, -0.15) is 0 Å². The van der Waals surface area contributed by atoms with Crippen molar-refractivity contribution in [2.24, 2.45) is 5.41 Å². The van der Waals surface area contributed by atoms with E-state index in [9.17, 15) is 17.3 Å². The molecule has 3 nitrogen and oxygen atoms in total. The monoisotopic (exact) mass is 361 g/mol. The topological polar surface area (TPSA) is 33.4 Å². The third-order valence-electron chi connectivity index (χ3n) is 3.44. The minimum absolute atomic E-state index is 0.172. The molecule has 8 heteroatoms. The number of ether oxygens (including phenoxy) is 1. The SMILES string of the molecule is CCOC1=C(c2ccncc2)C(=[O+]CC)CC(C)(C)C1.F[B-](F)(F)F. The van der Waals surface area contributed by atoms with Gasteiger partial charge in [-0.05, 0) is 30.0 Å². The predicted octanol–water partition coefficient (Wildman–Crippen LogP) is 5.07. The number of ketones is 1. The van der Waals surface area contributed by atoms with Gasteiger partial charge in [-0.25, -0.2) is 0 Å². The van der Waals surface area contributed by atoms with Crippen LogP contribution in [0.2, 0.25) is 0 Å². The van der Waals surface area contributed by atoms with Gasteiger partial charge in [0.1, 0.15) is 11.3 Å². The number of hydrogen-bond donors (Lipinski definition) is 0. The van der Waals surface area contributed by atoms with Crippen molar-refractivity contribution in [2.75, 3.05) is 13.2 Å². The highest BCUT2D eigenvalue weighted by atomic mass is 19.5. The molecule has 0 saturated carbocycles. The van der Waals surface area contributed by atoms with Gasteiger partial charge in [-0.1, -0.05) is 13.8 Å². The summed E-state index contributed by atoms with van der Waals surface area (Å²) in [5.41, 5.74) is 2.42. The largest absolute Gasteiger partial charge is 0.673 e. The quantitative estimate of drug-likeness (QED) is 0.426. The van der Waals surface area contributed by atoms with E-state index >= 15 is 0 Å². The second kappa shape index (κ2) is 9.01. The highest BCUT2D eigenvalue weighted by molar-refractivity contribution is 6.50. The number of rotatable bonds is 4. The van der Waals surface area contributed by atoms with Crippen molar-refractivity contribution in [3.8, 4) is 0 Å². The molecular formula is C17H24BF4NO2. The lowest BCUT2D eigenvalue weighted by Gasteiger charge is -2.29. The molecule has 140 valence electrons. The number of pyridine rings is 1. The van der Waals surface area contributed by atoms with Crippen LogP contribution in [-0.4, -0.2) is 31.2 Å². The van der Waals surface area contributed by atoms with Gasteiger partial charge in [0.25, 0.3) is 6.61 Å². The highest BCUT2D eigenvalue weighted by Crippen LogP contribution is 2.40. The van der Waals surface area contributed by atoms with Crippen molar-refractivity contribution >= 4 is 18.6 Å². The molecule has 2 rings (SSSR count). The number of allylic oxidation sites excluding steroid dienone is 2. The molecule has 0 spiro atoms. The molecular weight excluding hydrogens is 337 g/mol. The van der Waals surface area contributed by atoms with E-state index in [1.165, 1.54) is 0 Å². The second-order valence-corrected chi connectivity index (χ2v) is 6.34. The van der Waals surface area contributed by atoms with Gasteiger partial charge >= 0.3 is 13.0 Å². The van der Waals surface area contributed by atoms with E-state index < -0.39 is 7.25 Å². The number of nitrogens with zero attached hydrogens (tertiary/aromatic N) is 1. The zero-order valence-electron chi connectivity index (χ0n) is 15.0. The van der Waals surface area contributed by atoms with Crippen molar-refractivity contribution in [3.05, 3.63) is 35.8 Å². The lowest BCUT2D eigenvalue weighted by atomic mass is 9.75.